The summed E-state index contributed by atoms with van der Waals surface area (Å²) in [7, 11) is -3.55. The number of nitrogens with one attached hydrogen (secondary N) is 1. The molecule has 2 heterocycles. The lowest BCUT2D eigenvalue weighted by atomic mass is 9.94. The van der Waals surface area contributed by atoms with Crippen LogP contribution in [0.2, 0.25) is 0 Å². The molecule has 5 nitrogen and oxygen atoms in total. The molecule has 118 valence electrons. The van der Waals surface area contributed by atoms with Crippen LogP contribution in [0.3, 0.4) is 0 Å². The van der Waals surface area contributed by atoms with Gasteiger partial charge in [0.15, 0.2) is 5.03 Å². The van der Waals surface area contributed by atoms with Crippen LogP contribution in [0.1, 0.15) is 40.0 Å². The Labute approximate surface area is 127 Å². The van der Waals surface area contributed by atoms with E-state index < -0.39 is 10.0 Å². The molecule has 2 unspecified atom stereocenters. The standard InChI is InChI=1S/C15H25N3O2S/c1-4-9-16-14-8-5-10-17-15(14)21(19,20)18-11-6-7-12(2)13(18)3/h5,8,10,12-13,16H,4,6-7,9,11H2,1-3H3. The lowest BCUT2D eigenvalue weighted by molar-refractivity contribution is 0.202. The van der Waals surface area contributed by atoms with Gasteiger partial charge in [-0.15, -0.1) is 0 Å². The molecule has 1 aromatic heterocycles. The summed E-state index contributed by atoms with van der Waals surface area (Å²) >= 11 is 0. The van der Waals surface area contributed by atoms with E-state index in [2.05, 4.69) is 17.2 Å². The molecule has 0 radical (unpaired) electrons. The van der Waals surface area contributed by atoms with Crippen molar-refractivity contribution in [2.75, 3.05) is 18.4 Å². The summed E-state index contributed by atoms with van der Waals surface area (Å²) < 4.78 is 27.5. The van der Waals surface area contributed by atoms with E-state index in [0.717, 1.165) is 25.8 Å². The average Bonchev–Trinajstić information content (AvgIpc) is 2.48. The van der Waals surface area contributed by atoms with Crippen molar-refractivity contribution in [3.05, 3.63) is 18.3 Å². The Bertz CT molecular complexity index is 574. The van der Waals surface area contributed by atoms with Crippen LogP contribution in [0.5, 0.6) is 0 Å². The van der Waals surface area contributed by atoms with Crippen LogP contribution in [-0.4, -0.2) is 36.8 Å². The number of hydrogen-bond acceptors (Lipinski definition) is 4. The number of rotatable bonds is 5. The van der Waals surface area contributed by atoms with Gasteiger partial charge in [-0.1, -0.05) is 13.8 Å². The zero-order valence-electron chi connectivity index (χ0n) is 13.0. The van der Waals surface area contributed by atoms with Gasteiger partial charge in [-0.3, -0.25) is 0 Å². The third-order valence-electron chi connectivity index (χ3n) is 4.21. The van der Waals surface area contributed by atoms with Crippen molar-refractivity contribution in [3.8, 4) is 0 Å². The van der Waals surface area contributed by atoms with Crippen LogP contribution in [0.25, 0.3) is 0 Å². The molecule has 1 N–H and O–H groups in total. The molecule has 0 aromatic carbocycles. The zero-order chi connectivity index (χ0) is 15.5. The van der Waals surface area contributed by atoms with Crippen molar-refractivity contribution < 1.29 is 8.42 Å². The molecule has 0 saturated carbocycles. The Kier molecular flexibility index (Phi) is 5.22. The molecule has 1 aliphatic rings. The maximum Gasteiger partial charge on any atom is 0.262 e. The largest absolute Gasteiger partial charge is 0.383 e. The van der Waals surface area contributed by atoms with Crippen molar-refractivity contribution in [2.45, 2.75) is 51.1 Å². The Morgan fingerprint density at radius 3 is 2.90 bits per heavy atom. The van der Waals surface area contributed by atoms with Gasteiger partial charge in [0, 0.05) is 25.3 Å². The second kappa shape index (κ2) is 6.75. The predicted molar refractivity (Wildman–Crippen MR) is 84.8 cm³/mol. The maximum absolute atomic E-state index is 13.0. The fraction of sp³-hybridized carbons (Fsp3) is 0.667. The molecular weight excluding hydrogens is 286 g/mol. The van der Waals surface area contributed by atoms with Gasteiger partial charge in [0.2, 0.25) is 0 Å². The van der Waals surface area contributed by atoms with Gasteiger partial charge in [-0.2, -0.15) is 4.31 Å². The Morgan fingerprint density at radius 1 is 1.43 bits per heavy atom. The maximum atomic E-state index is 13.0. The molecule has 1 fully saturated rings. The highest BCUT2D eigenvalue weighted by molar-refractivity contribution is 7.89. The molecule has 0 spiro atoms. The van der Waals surface area contributed by atoms with Gasteiger partial charge in [-0.05, 0) is 44.2 Å². The summed E-state index contributed by atoms with van der Waals surface area (Å²) in [4.78, 5) is 4.15. The van der Waals surface area contributed by atoms with Gasteiger partial charge < -0.3 is 5.32 Å². The van der Waals surface area contributed by atoms with Gasteiger partial charge in [0.1, 0.15) is 0 Å². The van der Waals surface area contributed by atoms with Gasteiger partial charge >= 0.3 is 0 Å². The molecule has 2 rings (SSSR count). The fourth-order valence-electron chi connectivity index (χ4n) is 2.74. The first-order valence-electron chi connectivity index (χ1n) is 7.69. The molecule has 2 atom stereocenters. The van der Waals surface area contributed by atoms with Gasteiger partial charge in [0.25, 0.3) is 10.0 Å². The quantitative estimate of drug-likeness (QED) is 0.908. The van der Waals surface area contributed by atoms with E-state index in [-0.39, 0.29) is 11.1 Å². The minimum atomic E-state index is -3.55. The minimum Gasteiger partial charge on any atom is -0.383 e. The number of hydrogen-bond donors (Lipinski definition) is 1. The van der Waals surface area contributed by atoms with Crippen LogP contribution in [0.4, 0.5) is 5.69 Å². The third-order valence-corrected chi connectivity index (χ3v) is 6.15. The smallest absolute Gasteiger partial charge is 0.262 e. The highest BCUT2D eigenvalue weighted by Gasteiger charge is 2.36. The fourth-order valence-corrected chi connectivity index (χ4v) is 4.59. The van der Waals surface area contributed by atoms with E-state index in [9.17, 15) is 8.42 Å². The summed E-state index contributed by atoms with van der Waals surface area (Å²) in [5.74, 6) is 0.379. The van der Waals surface area contributed by atoms with Crippen LogP contribution in [0.15, 0.2) is 23.4 Å². The summed E-state index contributed by atoms with van der Waals surface area (Å²) in [6.45, 7) is 7.47. The lowest BCUT2D eigenvalue weighted by Crippen LogP contribution is -2.46. The second-order valence-corrected chi connectivity index (χ2v) is 7.56. The third kappa shape index (κ3) is 3.37. The van der Waals surface area contributed by atoms with E-state index in [1.807, 2.05) is 13.8 Å². The summed E-state index contributed by atoms with van der Waals surface area (Å²) in [5, 5.41) is 3.32. The highest BCUT2D eigenvalue weighted by Crippen LogP contribution is 2.30. The Balaban J connectivity index is 2.35. The average molecular weight is 311 g/mol. The number of nitrogens with zero attached hydrogens (tertiary/aromatic N) is 2. The highest BCUT2D eigenvalue weighted by atomic mass is 32.2. The van der Waals surface area contributed by atoms with E-state index >= 15 is 0 Å². The van der Waals surface area contributed by atoms with E-state index in [1.165, 1.54) is 0 Å². The lowest BCUT2D eigenvalue weighted by Gasteiger charge is -2.36. The van der Waals surface area contributed by atoms with Gasteiger partial charge in [0.05, 0.1) is 5.69 Å². The summed E-state index contributed by atoms with van der Waals surface area (Å²) in [6.07, 6.45) is 4.47. The zero-order valence-corrected chi connectivity index (χ0v) is 13.9. The van der Waals surface area contributed by atoms with Crippen molar-refractivity contribution >= 4 is 15.7 Å². The summed E-state index contributed by atoms with van der Waals surface area (Å²) in [5.41, 5.74) is 0.602. The van der Waals surface area contributed by atoms with Crippen LogP contribution in [0, 0.1) is 5.92 Å². The van der Waals surface area contributed by atoms with E-state index in [1.54, 1.807) is 22.6 Å². The van der Waals surface area contributed by atoms with Crippen molar-refractivity contribution in [3.63, 3.8) is 0 Å². The number of anilines is 1. The molecule has 21 heavy (non-hydrogen) atoms. The second-order valence-electron chi connectivity index (χ2n) is 5.76. The molecule has 1 aromatic rings. The predicted octanol–water partition coefficient (Wildman–Crippen LogP) is 2.71. The normalized spacial score (nSPS) is 24.0. The number of sulfonamides is 1. The van der Waals surface area contributed by atoms with Gasteiger partial charge in [-0.25, -0.2) is 13.4 Å². The number of aromatic nitrogens is 1. The summed E-state index contributed by atoms with van der Waals surface area (Å²) in [6, 6.07) is 3.57. The first kappa shape index (κ1) is 16.2. The molecular formula is C15H25N3O2S. The Morgan fingerprint density at radius 2 is 2.19 bits per heavy atom. The molecule has 1 aliphatic heterocycles. The monoisotopic (exact) mass is 311 g/mol. The molecule has 0 bridgehead atoms. The molecule has 6 heteroatoms. The topological polar surface area (TPSA) is 62.3 Å². The van der Waals surface area contributed by atoms with Crippen molar-refractivity contribution in [1.29, 1.82) is 0 Å². The Hall–Kier alpha value is -1.14. The van der Waals surface area contributed by atoms with Crippen LogP contribution >= 0.6 is 0 Å². The minimum absolute atomic E-state index is 0.0183. The van der Waals surface area contributed by atoms with Crippen LogP contribution < -0.4 is 5.32 Å². The molecule has 1 saturated heterocycles. The number of pyridine rings is 1. The van der Waals surface area contributed by atoms with Crippen LogP contribution in [-0.2, 0) is 10.0 Å². The van der Waals surface area contributed by atoms with Crippen molar-refractivity contribution in [1.82, 2.24) is 9.29 Å². The first-order valence-corrected chi connectivity index (χ1v) is 9.13. The van der Waals surface area contributed by atoms with Crippen molar-refractivity contribution in [2.24, 2.45) is 5.92 Å². The van der Waals surface area contributed by atoms with E-state index in [0.29, 0.717) is 18.2 Å². The first-order chi connectivity index (χ1) is 9.98. The molecule has 0 amide bonds. The van der Waals surface area contributed by atoms with E-state index in [4.69, 9.17) is 0 Å². The SMILES string of the molecule is CCCNc1cccnc1S(=O)(=O)N1CCCC(C)C1C. The molecule has 0 aliphatic carbocycles. The number of piperidine rings is 1.